The first-order valence-corrected chi connectivity index (χ1v) is 14.0. The fourth-order valence-electron chi connectivity index (χ4n) is 4.29. The summed E-state index contributed by atoms with van der Waals surface area (Å²) in [4.78, 5) is 28.1. The molecule has 0 amide bonds. The molecule has 2 atom stereocenters. The maximum absolute atomic E-state index is 12.1. The van der Waals surface area contributed by atoms with Crippen molar-refractivity contribution in [3.05, 3.63) is 112 Å². The predicted molar refractivity (Wildman–Crippen MR) is 156 cm³/mol. The van der Waals surface area contributed by atoms with Crippen molar-refractivity contribution >= 4 is 58.2 Å². The van der Waals surface area contributed by atoms with Crippen molar-refractivity contribution in [2.45, 2.75) is 31.9 Å². The van der Waals surface area contributed by atoms with Gasteiger partial charge in [0.05, 0.1) is 11.2 Å². The van der Waals surface area contributed by atoms with Gasteiger partial charge in [-0.1, -0.05) is 85.3 Å². The van der Waals surface area contributed by atoms with Gasteiger partial charge in [-0.05, 0) is 60.7 Å². The fourth-order valence-corrected chi connectivity index (χ4v) is 5.73. The zero-order valence-electron chi connectivity index (χ0n) is 22.4. The van der Waals surface area contributed by atoms with Crippen LogP contribution >= 0.6 is 23.4 Å². The van der Waals surface area contributed by atoms with Crippen LogP contribution in [-0.2, 0) is 11.2 Å². The van der Waals surface area contributed by atoms with E-state index in [0.717, 1.165) is 51.7 Å². The Hall–Kier alpha value is -2.41. The molecule has 0 saturated heterocycles. The smallest absolute Gasteiger partial charge is 0.550 e. The van der Waals surface area contributed by atoms with Gasteiger partial charge >= 0.3 is 29.6 Å². The zero-order chi connectivity index (χ0) is 27.1. The van der Waals surface area contributed by atoms with E-state index in [9.17, 15) is 14.7 Å². The number of carboxylic acids is 1. The van der Waals surface area contributed by atoms with Gasteiger partial charge in [0.15, 0.2) is 5.78 Å². The number of aromatic nitrogens is 1. The molecule has 0 N–H and O–H groups in total. The molecule has 194 valence electrons. The number of aryl methyl sites for hydroxylation is 1. The van der Waals surface area contributed by atoms with E-state index < -0.39 is 11.9 Å². The van der Waals surface area contributed by atoms with E-state index >= 15 is 0 Å². The van der Waals surface area contributed by atoms with Crippen molar-refractivity contribution < 1.29 is 44.3 Å². The molecule has 0 spiro atoms. The van der Waals surface area contributed by atoms with Gasteiger partial charge in [-0.3, -0.25) is 4.79 Å². The number of hydrogen-bond donors (Lipinski definition) is 0. The Labute approximate surface area is 261 Å². The van der Waals surface area contributed by atoms with Gasteiger partial charge in [0.25, 0.3) is 0 Å². The van der Waals surface area contributed by atoms with Crippen LogP contribution in [-0.4, -0.2) is 22.5 Å². The Morgan fingerprint density at radius 3 is 2.54 bits per heavy atom. The average Bonchev–Trinajstić information content (AvgIpc) is 2.91. The van der Waals surface area contributed by atoms with Crippen LogP contribution in [0, 0.1) is 5.92 Å². The van der Waals surface area contributed by atoms with E-state index in [0.29, 0.717) is 10.8 Å². The number of carboxylic acid groups (broad SMARTS) is 1. The second-order valence-electron chi connectivity index (χ2n) is 9.37. The van der Waals surface area contributed by atoms with Gasteiger partial charge in [0.2, 0.25) is 0 Å². The van der Waals surface area contributed by atoms with Crippen LogP contribution in [0.15, 0.2) is 78.9 Å². The van der Waals surface area contributed by atoms with Crippen LogP contribution in [0.1, 0.15) is 58.3 Å². The fraction of sp³-hybridized carbons (Fsp3) is 0.219. The number of nitrogens with zero attached hydrogens (tertiary/aromatic N) is 1. The zero-order valence-corrected chi connectivity index (χ0v) is 26.0. The number of carbonyl (C=O) groups is 2. The first-order chi connectivity index (χ1) is 18.3. The number of ketones is 1. The van der Waals surface area contributed by atoms with E-state index in [1.807, 2.05) is 78.9 Å². The van der Waals surface area contributed by atoms with Crippen LogP contribution in [0.5, 0.6) is 0 Å². The molecule has 1 heterocycles. The first-order valence-electron chi connectivity index (χ1n) is 12.6. The molecule has 39 heavy (non-hydrogen) atoms. The summed E-state index contributed by atoms with van der Waals surface area (Å²) in [5.74, 6) is -1.10. The molecular formula is C32H29ClNNaO3S. The molecule has 0 aliphatic rings. The number of halogens is 1. The van der Waals surface area contributed by atoms with Crippen LogP contribution < -0.4 is 34.7 Å². The second kappa shape index (κ2) is 14.8. The van der Waals surface area contributed by atoms with Crippen molar-refractivity contribution in [1.82, 2.24) is 4.98 Å². The van der Waals surface area contributed by atoms with Crippen molar-refractivity contribution in [3.63, 3.8) is 0 Å². The summed E-state index contributed by atoms with van der Waals surface area (Å²) in [6.45, 7) is 3.26. The van der Waals surface area contributed by atoms with Crippen LogP contribution in [0.3, 0.4) is 0 Å². The Kier molecular flexibility index (Phi) is 11.8. The van der Waals surface area contributed by atoms with Gasteiger partial charge in [-0.2, -0.15) is 11.8 Å². The van der Waals surface area contributed by atoms with Crippen molar-refractivity contribution in [2.75, 3.05) is 5.75 Å². The van der Waals surface area contributed by atoms with Gasteiger partial charge < -0.3 is 9.90 Å². The molecule has 4 aromatic rings. The molecule has 0 aliphatic heterocycles. The summed E-state index contributed by atoms with van der Waals surface area (Å²) < 4.78 is 0. The van der Waals surface area contributed by atoms with Crippen molar-refractivity contribution in [2.24, 2.45) is 5.92 Å². The van der Waals surface area contributed by atoms with Crippen molar-refractivity contribution in [3.8, 4) is 0 Å². The van der Waals surface area contributed by atoms with E-state index in [1.54, 1.807) is 25.6 Å². The van der Waals surface area contributed by atoms with E-state index in [2.05, 4.69) is 12.1 Å². The van der Waals surface area contributed by atoms with Crippen LogP contribution in [0.2, 0.25) is 5.02 Å². The number of benzene rings is 3. The minimum Gasteiger partial charge on any atom is -0.550 e. The maximum atomic E-state index is 12.1. The third-order valence-electron chi connectivity index (χ3n) is 6.43. The molecule has 7 heteroatoms. The number of thioether (sulfide) groups is 1. The number of hydrogen-bond acceptors (Lipinski definition) is 5. The summed E-state index contributed by atoms with van der Waals surface area (Å²) in [5.41, 5.74) is 5.56. The Morgan fingerprint density at radius 2 is 1.77 bits per heavy atom. The SMILES string of the molecule is CC(=O)c1ccccc1CC[C@H](SC[C@@H](C)C(=O)[O-])c1cccc(C=Cc2ccc3ccc(Cl)cc3n2)c1.[Na+]. The summed E-state index contributed by atoms with van der Waals surface area (Å²) in [6.07, 6.45) is 5.49. The third kappa shape index (κ3) is 8.79. The summed E-state index contributed by atoms with van der Waals surface area (Å²) >= 11 is 7.75. The molecule has 0 aliphatic carbocycles. The normalized spacial score (nSPS) is 12.7. The molecule has 0 bridgehead atoms. The number of Topliss-reactive ketones (excluding diaryl/α,β-unsaturated/α-hetero) is 1. The first kappa shape index (κ1) is 31.1. The minimum absolute atomic E-state index is 0. The number of rotatable bonds is 11. The Morgan fingerprint density at radius 1 is 1.00 bits per heavy atom. The van der Waals surface area contributed by atoms with E-state index in [4.69, 9.17) is 16.6 Å². The number of aliphatic carboxylic acids is 1. The molecule has 4 rings (SSSR count). The average molecular weight is 566 g/mol. The van der Waals surface area contributed by atoms with Gasteiger partial charge in [0.1, 0.15) is 0 Å². The number of pyridine rings is 1. The predicted octanol–water partition coefficient (Wildman–Crippen LogP) is 4.06. The van der Waals surface area contributed by atoms with Crippen LogP contribution in [0.25, 0.3) is 23.1 Å². The summed E-state index contributed by atoms with van der Waals surface area (Å²) in [6, 6.07) is 25.6. The molecular weight excluding hydrogens is 537 g/mol. The Bertz CT molecular complexity index is 1490. The topological polar surface area (TPSA) is 70.1 Å². The molecule has 4 nitrogen and oxygen atoms in total. The molecule has 0 unspecified atom stereocenters. The van der Waals surface area contributed by atoms with E-state index in [-0.39, 0.29) is 40.6 Å². The molecule has 0 radical (unpaired) electrons. The molecule has 3 aromatic carbocycles. The van der Waals surface area contributed by atoms with Gasteiger partial charge in [-0.25, -0.2) is 4.98 Å². The molecule has 0 saturated carbocycles. The van der Waals surface area contributed by atoms with Crippen molar-refractivity contribution in [1.29, 1.82) is 0 Å². The molecule has 0 fully saturated rings. The maximum Gasteiger partial charge on any atom is 1.00 e. The summed E-state index contributed by atoms with van der Waals surface area (Å²) in [7, 11) is 0. The number of carbonyl (C=O) groups excluding carboxylic acids is 2. The third-order valence-corrected chi connectivity index (χ3v) is 8.26. The van der Waals surface area contributed by atoms with Gasteiger partial charge in [0, 0.05) is 38.9 Å². The standard InChI is InChI=1S/C32H30ClNO3S.Na/c1-21(32(36)37)20-38-31(17-13-24-7-3-4-9-29(24)22(2)35)26-8-5-6-23(18-26)10-15-28-16-12-25-11-14-27(33)19-30(25)34-28;/h3-12,14-16,18-19,21,31H,13,17,20H2,1-2H3,(H,36,37);/q;+1/p-1/t21-,31+;/m1./s1. The minimum atomic E-state index is -1.04. The quantitative estimate of drug-likeness (QED) is 0.203. The monoisotopic (exact) mass is 565 g/mol. The second-order valence-corrected chi connectivity index (χ2v) is 11.0. The molecule has 1 aromatic heterocycles. The van der Waals surface area contributed by atoms with E-state index in [1.165, 1.54) is 0 Å². The number of fused-ring (bicyclic) bond motifs is 1. The summed E-state index contributed by atoms with van der Waals surface area (Å²) in [5, 5.41) is 13.1. The van der Waals surface area contributed by atoms with Gasteiger partial charge in [-0.15, -0.1) is 0 Å². The Balaban J connectivity index is 0.00000420. The van der Waals surface area contributed by atoms with Crippen LogP contribution in [0.4, 0.5) is 0 Å². The largest absolute Gasteiger partial charge is 1.00 e.